The van der Waals surface area contributed by atoms with E-state index in [0.717, 1.165) is 0 Å². The van der Waals surface area contributed by atoms with E-state index in [1.165, 1.54) is 0 Å². The summed E-state index contributed by atoms with van der Waals surface area (Å²) in [5.41, 5.74) is -0.947. The smallest absolute Gasteiger partial charge is 0.108 e. The molecule has 0 heterocycles. The van der Waals surface area contributed by atoms with Gasteiger partial charge in [0.1, 0.15) is 5.41 Å². The first-order chi connectivity index (χ1) is 10.3. The van der Waals surface area contributed by atoms with Crippen molar-refractivity contribution in [3.63, 3.8) is 0 Å². The molecule has 2 heteroatoms. The van der Waals surface area contributed by atoms with E-state index in [1.54, 1.807) is 60.7 Å². The van der Waals surface area contributed by atoms with Gasteiger partial charge < -0.3 is 0 Å². The lowest BCUT2D eigenvalue weighted by atomic mass is 9.74. The van der Waals surface area contributed by atoms with Crippen molar-refractivity contribution in [3.8, 4) is 6.07 Å². The second-order valence-electron chi connectivity index (χ2n) is 3.81. The molecule has 0 aliphatic heterocycles. The number of nitrogens with zero attached hydrogens (tertiary/aromatic N) is 1. The van der Waals surface area contributed by atoms with Gasteiger partial charge in [-0.3, -0.25) is 0 Å². The first-order valence-corrected chi connectivity index (χ1v) is 6.28. The molecule has 0 saturated heterocycles. The van der Waals surface area contributed by atoms with Gasteiger partial charge in [0.15, 0.2) is 0 Å². The lowest BCUT2D eigenvalue weighted by Gasteiger charge is -2.27. The third kappa shape index (κ3) is 2.32. The van der Waals surface area contributed by atoms with Crippen LogP contribution in [-0.2, 0) is 5.41 Å². The average Bonchev–Trinajstić information content (AvgIpc) is 2.49. The van der Waals surface area contributed by atoms with Gasteiger partial charge in [-0.1, -0.05) is 76.6 Å². The SMILES string of the molecule is [2H]C([2H])(Br)C([2H])([2H])C(C#N)(c1ccccc1)c1ccccc1. The minimum Gasteiger partial charge on any atom is -0.197 e. The van der Waals surface area contributed by atoms with E-state index in [9.17, 15) is 5.26 Å². The molecule has 0 radical (unpaired) electrons. The summed E-state index contributed by atoms with van der Waals surface area (Å²) in [6, 6.07) is 19.0. The number of hydrogen-bond donors (Lipinski definition) is 0. The normalized spacial score (nSPS) is 15.8. The Morgan fingerprint density at radius 3 is 1.78 bits per heavy atom. The molecule has 0 fully saturated rings. The zero-order valence-electron chi connectivity index (χ0n) is 13.6. The highest BCUT2D eigenvalue weighted by molar-refractivity contribution is 9.09. The molecule has 0 atom stereocenters. The van der Waals surface area contributed by atoms with E-state index in [0.29, 0.717) is 11.1 Å². The third-order valence-electron chi connectivity index (χ3n) is 2.82. The molecule has 0 N–H and O–H groups in total. The van der Waals surface area contributed by atoms with Crippen LogP contribution < -0.4 is 0 Å². The van der Waals surface area contributed by atoms with Crippen LogP contribution in [0, 0.1) is 11.3 Å². The van der Waals surface area contributed by atoms with Gasteiger partial charge in [0.2, 0.25) is 0 Å². The van der Waals surface area contributed by atoms with Gasteiger partial charge in [-0.2, -0.15) is 5.26 Å². The van der Waals surface area contributed by atoms with Gasteiger partial charge in [-0.25, -0.2) is 0 Å². The molecule has 0 aromatic heterocycles. The standard InChI is InChI=1S/C16H14BrN/c17-12-11-16(13-18,14-7-3-1-4-8-14)15-9-5-2-6-10-15/h1-10H,11-12H2/i11D2,12D2. The molecule has 0 bridgehead atoms. The van der Waals surface area contributed by atoms with Crippen molar-refractivity contribution < 1.29 is 5.48 Å². The number of halogens is 1. The minimum atomic E-state index is -2.50. The first-order valence-electron chi connectivity index (χ1n) is 7.48. The van der Waals surface area contributed by atoms with Crippen LogP contribution in [0.25, 0.3) is 0 Å². The van der Waals surface area contributed by atoms with Crippen LogP contribution in [0.15, 0.2) is 60.7 Å². The van der Waals surface area contributed by atoms with Crippen LogP contribution >= 0.6 is 15.9 Å². The minimum absolute atomic E-state index is 0.414. The number of nitriles is 1. The van der Waals surface area contributed by atoms with E-state index in [2.05, 4.69) is 15.9 Å². The van der Waals surface area contributed by atoms with Crippen molar-refractivity contribution in [3.05, 3.63) is 71.8 Å². The highest BCUT2D eigenvalue weighted by Crippen LogP contribution is 2.35. The molecule has 2 aromatic rings. The van der Waals surface area contributed by atoms with Crippen molar-refractivity contribution in [1.29, 1.82) is 5.26 Å². The Morgan fingerprint density at radius 1 is 1.00 bits per heavy atom. The molecule has 0 amide bonds. The zero-order valence-corrected chi connectivity index (χ0v) is 11.2. The van der Waals surface area contributed by atoms with Crippen molar-refractivity contribution in [2.24, 2.45) is 0 Å². The average molecular weight is 304 g/mol. The fourth-order valence-electron chi connectivity index (χ4n) is 1.92. The molecule has 2 rings (SSSR count). The first kappa shape index (κ1) is 8.50. The van der Waals surface area contributed by atoms with Crippen LogP contribution in [0.2, 0.25) is 0 Å². The van der Waals surface area contributed by atoms with Gasteiger partial charge in [0.05, 0.1) is 6.07 Å². The molecule has 1 nitrogen and oxygen atoms in total. The molecule has 2 aromatic carbocycles. The Labute approximate surface area is 122 Å². The van der Waals surface area contributed by atoms with E-state index < -0.39 is 17.1 Å². The van der Waals surface area contributed by atoms with Gasteiger partial charge in [0.25, 0.3) is 0 Å². The van der Waals surface area contributed by atoms with Crippen molar-refractivity contribution in [2.75, 3.05) is 5.28 Å². The van der Waals surface area contributed by atoms with E-state index in [1.807, 2.05) is 6.07 Å². The fraction of sp³-hybridized carbons (Fsp3) is 0.188. The summed E-state index contributed by atoms with van der Waals surface area (Å²) in [5.74, 6) is 0. The molecule has 0 aliphatic rings. The number of alkyl halides is 1. The number of benzene rings is 2. The van der Waals surface area contributed by atoms with Crippen molar-refractivity contribution in [2.45, 2.75) is 11.8 Å². The van der Waals surface area contributed by atoms with E-state index in [4.69, 9.17) is 5.48 Å². The fourth-order valence-corrected chi connectivity index (χ4v) is 2.21. The zero-order chi connectivity index (χ0) is 16.4. The summed E-state index contributed by atoms with van der Waals surface area (Å²) in [5, 5.41) is 7.52. The summed E-state index contributed by atoms with van der Waals surface area (Å²) < 4.78 is 32.5. The van der Waals surface area contributed by atoms with E-state index >= 15 is 0 Å². The molecule has 90 valence electrons. The Bertz CT molecular complexity index is 635. The topological polar surface area (TPSA) is 23.8 Å². The van der Waals surface area contributed by atoms with Crippen LogP contribution in [0.4, 0.5) is 0 Å². The maximum atomic E-state index is 9.90. The summed E-state index contributed by atoms with van der Waals surface area (Å²) in [7, 11) is 0. The molecule has 0 aliphatic carbocycles. The van der Waals surface area contributed by atoms with Crippen LogP contribution in [0.1, 0.15) is 23.0 Å². The third-order valence-corrected chi connectivity index (χ3v) is 3.01. The summed E-state index contributed by atoms with van der Waals surface area (Å²) >= 11 is 2.78. The lowest BCUT2D eigenvalue weighted by molar-refractivity contribution is 0.640. The Balaban J connectivity index is 2.84. The Kier molecular flexibility index (Phi) is 2.76. The number of rotatable bonds is 4. The van der Waals surface area contributed by atoms with Crippen LogP contribution in [-0.4, -0.2) is 5.28 Å². The molecular weight excluding hydrogens is 286 g/mol. The quantitative estimate of drug-likeness (QED) is 0.773. The lowest BCUT2D eigenvalue weighted by Crippen LogP contribution is -2.26. The van der Waals surface area contributed by atoms with Gasteiger partial charge >= 0.3 is 0 Å². The summed E-state index contributed by atoms with van der Waals surface area (Å²) in [6.07, 6.45) is -2.50. The molecule has 18 heavy (non-hydrogen) atoms. The maximum Gasteiger partial charge on any atom is 0.108 e. The van der Waals surface area contributed by atoms with Gasteiger partial charge in [-0.15, -0.1) is 0 Å². The Hall–Kier alpha value is -1.59. The summed E-state index contributed by atoms with van der Waals surface area (Å²) in [4.78, 5) is 0. The van der Waals surface area contributed by atoms with Crippen molar-refractivity contribution in [1.82, 2.24) is 0 Å². The predicted octanol–water partition coefficient (Wildman–Crippen LogP) is 4.28. The summed E-state index contributed by atoms with van der Waals surface area (Å²) in [6.45, 7) is 0. The maximum absolute atomic E-state index is 9.90. The monoisotopic (exact) mass is 303 g/mol. The van der Waals surface area contributed by atoms with Gasteiger partial charge in [0, 0.05) is 10.8 Å². The highest BCUT2D eigenvalue weighted by Gasteiger charge is 2.33. The van der Waals surface area contributed by atoms with Crippen LogP contribution in [0.5, 0.6) is 0 Å². The molecule has 0 saturated carbocycles. The molecule has 0 spiro atoms. The van der Waals surface area contributed by atoms with Crippen LogP contribution in [0.3, 0.4) is 0 Å². The highest BCUT2D eigenvalue weighted by atomic mass is 79.9. The molecular formula is C16H14BrN. The largest absolute Gasteiger partial charge is 0.197 e. The second-order valence-corrected chi connectivity index (χ2v) is 4.21. The van der Waals surface area contributed by atoms with E-state index in [-0.39, 0.29) is 0 Å². The van der Waals surface area contributed by atoms with Gasteiger partial charge in [-0.05, 0) is 17.5 Å². The Morgan fingerprint density at radius 2 is 1.44 bits per heavy atom. The number of hydrogen-bond acceptors (Lipinski definition) is 1. The predicted molar refractivity (Wildman–Crippen MR) is 77.7 cm³/mol. The van der Waals surface area contributed by atoms with Crippen molar-refractivity contribution >= 4 is 15.9 Å². The molecule has 0 unspecified atom stereocenters. The second kappa shape index (κ2) is 5.84.